The summed E-state index contributed by atoms with van der Waals surface area (Å²) >= 11 is 0. The molecule has 2 aromatic rings. The van der Waals surface area contributed by atoms with Crippen LogP contribution < -0.4 is 10.6 Å². The topological polar surface area (TPSA) is 62.7 Å². The number of anilines is 1. The van der Waals surface area contributed by atoms with E-state index in [1.165, 1.54) is 12.1 Å². The van der Waals surface area contributed by atoms with Crippen molar-refractivity contribution in [1.82, 2.24) is 14.7 Å². The second-order valence-corrected chi connectivity index (χ2v) is 6.03. The zero-order chi connectivity index (χ0) is 17.1. The highest BCUT2D eigenvalue weighted by atomic mass is 19.1. The van der Waals surface area contributed by atoms with Crippen LogP contribution in [0.15, 0.2) is 35.3 Å². The minimum absolute atomic E-state index is 0.209. The number of halogens is 1. The van der Waals surface area contributed by atoms with Crippen LogP contribution in [0.4, 0.5) is 10.1 Å². The molecule has 1 aromatic heterocycles. The van der Waals surface area contributed by atoms with Gasteiger partial charge in [0.1, 0.15) is 5.82 Å². The largest absolute Gasteiger partial charge is 0.370 e. The average molecular weight is 330 g/mol. The van der Waals surface area contributed by atoms with Gasteiger partial charge in [0, 0.05) is 38.9 Å². The maximum atomic E-state index is 13.0. The Morgan fingerprint density at radius 2 is 1.88 bits per heavy atom. The van der Waals surface area contributed by atoms with Crippen molar-refractivity contribution in [1.29, 1.82) is 0 Å². The Morgan fingerprint density at radius 1 is 1.21 bits per heavy atom. The van der Waals surface area contributed by atoms with Crippen molar-refractivity contribution in [3.63, 3.8) is 0 Å². The SMILES string of the molecule is Cc1cc(CN=C(N)N2CCN(c3ccc(F)cc3)CC2)n(C)n1. The van der Waals surface area contributed by atoms with E-state index in [2.05, 4.69) is 19.9 Å². The third-order valence-electron chi connectivity index (χ3n) is 4.30. The van der Waals surface area contributed by atoms with E-state index in [4.69, 9.17) is 5.73 Å². The Balaban J connectivity index is 1.56. The minimum atomic E-state index is -0.209. The van der Waals surface area contributed by atoms with E-state index in [-0.39, 0.29) is 5.82 Å². The summed E-state index contributed by atoms with van der Waals surface area (Å²) in [6.45, 7) is 5.78. The molecule has 0 unspecified atom stereocenters. The van der Waals surface area contributed by atoms with Gasteiger partial charge in [-0.3, -0.25) is 4.68 Å². The smallest absolute Gasteiger partial charge is 0.191 e. The molecule has 7 heteroatoms. The number of hydrogen-bond donors (Lipinski definition) is 1. The first-order valence-corrected chi connectivity index (χ1v) is 8.08. The number of rotatable bonds is 3. The highest BCUT2D eigenvalue weighted by molar-refractivity contribution is 5.78. The van der Waals surface area contributed by atoms with E-state index < -0.39 is 0 Å². The molecule has 1 aliphatic heterocycles. The van der Waals surface area contributed by atoms with Gasteiger partial charge in [-0.2, -0.15) is 5.10 Å². The Hall–Kier alpha value is -2.57. The third kappa shape index (κ3) is 3.67. The Kier molecular flexibility index (Phi) is 4.69. The van der Waals surface area contributed by atoms with Crippen LogP contribution >= 0.6 is 0 Å². The lowest BCUT2D eigenvalue weighted by molar-refractivity contribution is 0.380. The fraction of sp³-hybridized carbons (Fsp3) is 0.412. The molecular weight excluding hydrogens is 307 g/mol. The summed E-state index contributed by atoms with van der Waals surface area (Å²) in [4.78, 5) is 8.81. The first-order valence-electron chi connectivity index (χ1n) is 8.08. The van der Waals surface area contributed by atoms with E-state index >= 15 is 0 Å². The molecule has 1 saturated heterocycles. The fourth-order valence-electron chi connectivity index (χ4n) is 2.92. The first-order chi connectivity index (χ1) is 11.5. The summed E-state index contributed by atoms with van der Waals surface area (Å²) in [6, 6.07) is 8.63. The molecule has 0 atom stereocenters. The Bertz CT molecular complexity index is 713. The number of benzene rings is 1. The van der Waals surface area contributed by atoms with E-state index in [9.17, 15) is 4.39 Å². The maximum Gasteiger partial charge on any atom is 0.191 e. The van der Waals surface area contributed by atoms with Gasteiger partial charge in [0.25, 0.3) is 0 Å². The van der Waals surface area contributed by atoms with Crippen LogP contribution in [0, 0.1) is 12.7 Å². The van der Waals surface area contributed by atoms with Gasteiger partial charge in [0.2, 0.25) is 0 Å². The number of hydrogen-bond acceptors (Lipinski definition) is 3. The molecule has 0 amide bonds. The number of piperazine rings is 1. The van der Waals surface area contributed by atoms with E-state index in [0.29, 0.717) is 12.5 Å². The molecule has 0 aliphatic carbocycles. The van der Waals surface area contributed by atoms with Gasteiger partial charge in [-0.05, 0) is 37.3 Å². The number of aryl methyl sites for hydroxylation is 2. The Morgan fingerprint density at radius 3 is 2.46 bits per heavy atom. The Labute approximate surface area is 141 Å². The molecular formula is C17H23FN6. The van der Waals surface area contributed by atoms with Crippen LogP contribution in [0.1, 0.15) is 11.4 Å². The van der Waals surface area contributed by atoms with Crippen LogP contribution in [0.2, 0.25) is 0 Å². The summed E-state index contributed by atoms with van der Waals surface area (Å²) in [5.74, 6) is 0.353. The van der Waals surface area contributed by atoms with Crippen molar-refractivity contribution >= 4 is 11.6 Å². The van der Waals surface area contributed by atoms with E-state index in [1.54, 1.807) is 0 Å². The molecule has 1 fully saturated rings. The monoisotopic (exact) mass is 330 g/mol. The lowest BCUT2D eigenvalue weighted by Crippen LogP contribution is -2.51. The van der Waals surface area contributed by atoms with Crippen LogP contribution in [0.5, 0.6) is 0 Å². The molecule has 6 nitrogen and oxygen atoms in total. The molecule has 2 heterocycles. The number of guanidine groups is 1. The fourth-order valence-corrected chi connectivity index (χ4v) is 2.92. The molecule has 0 radical (unpaired) electrons. The van der Waals surface area contributed by atoms with Crippen molar-refractivity contribution in [2.24, 2.45) is 17.8 Å². The normalized spacial score (nSPS) is 15.9. The first kappa shape index (κ1) is 16.3. The quantitative estimate of drug-likeness (QED) is 0.684. The van der Waals surface area contributed by atoms with Crippen molar-refractivity contribution in [3.8, 4) is 0 Å². The number of nitrogens with zero attached hydrogens (tertiary/aromatic N) is 5. The summed E-state index contributed by atoms with van der Waals surface area (Å²) in [6.07, 6.45) is 0. The highest BCUT2D eigenvalue weighted by Crippen LogP contribution is 2.16. The minimum Gasteiger partial charge on any atom is -0.370 e. The van der Waals surface area contributed by atoms with Crippen molar-refractivity contribution < 1.29 is 4.39 Å². The zero-order valence-electron chi connectivity index (χ0n) is 14.1. The van der Waals surface area contributed by atoms with Crippen LogP contribution in [0.3, 0.4) is 0 Å². The van der Waals surface area contributed by atoms with E-state index in [0.717, 1.165) is 43.3 Å². The molecule has 1 aromatic carbocycles. The van der Waals surface area contributed by atoms with Gasteiger partial charge in [-0.25, -0.2) is 9.38 Å². The van der Waals surface area contributed by atoms with Gasteiger partial charge in [0.15, 0.2) is 5.96 Å². The molecule has 0 spiro atoms. The van der Waals surface area contributed by atoms with Crippen molar-refractivity contribution in [2.75, 3.05) is 31.1 Å². The number of nitrogens with two attached hydrogens (primary N) is 1. The van der Waals surface area contributed by atoms with Gasteiger partial charge in [-0.15, -0.1) is 0 Å². The van der Waals surface area contributed by atoms with E-state index in [1.807, 2.05) is 36.9 Å². The molecule has 0 saturated carbocycles. The van der Waals surface area contributed by atoms with Gasteiger partial charge in [-0.1, -0.05) is 0 Å². The molecule has 3 rings (SSSR count). The second kappa shape index (κ2) is 6.90. The summed E-state index contributed by atoms with van der Waals surface area (Å²) < 4.78 is 14.8. The molecule has 128 valence electrons. The van der Waals surface area contributed by atoms with Crippen molar-refractivity contribution in [2.45, 2.75) is 13.5 Å². The standard InChI is InChI=1S/C17H23FN6/c1-13-11-16(22(2)21-13)12-20-17(19)24-9-7-23(8-10-24)15-5-3-14(18)4-6-15/h3-6,11H,7-10,12H2,1-2H3,(H2,19,20). The second-order valence-electron chi connectivity index (χ2n) is 6.03. The molecule has 1 aliphatic rings. The number of aliphatic imine (C=N–C) groups is 1. The van der Waals surface area contributed by atoms with Crippen molar-refractivity contribution in [3.05, 3.63) is 47.5 Å². The molecule has 2 N–H and O–H groups in total. The predicted octanol–water partition coefficient (Wildman–Crippen LogP) is 1.50. The van der Waals surface area contributed by atoms with Gasteiger partial charge >= 0.3 is 0 Å². The predicted molar refractivity (Wildman–Crippen MR) is 93.5 cm³/mol. The third-order valence-corrected chi connectivity index (χ3v) is 4.30. The van der Waals surface area contributed by atoms with Crippen LogP contribution in [-0.4, -0.2) is 46.8 Å². The average Bonchev–Trinajstić information content (AvgIpc) is 2.91. The van der Waals surface area contributed by atoms with Crippen LogP contribution in [-0.2, 0) is 13.6 Å². The lowest BCUT2D eigenvalue weighted by atomic mass is 10.2. The summed E-state index contributed by atoms with van der Waals surface area (Å²) in [5, 5.41) is 4.31. The zero-order valence-corrected chi connectivity index (χ0v) is 14.1. The van der Waals surface area contributed by atoms with Gasteiger partial charge in [0.05, 0.1) is 17.9 Å². The summed E-state index contributed by atoms with van der Waals surface area (Å²) in [7, 11) is 1.91. The van der Waals surface area contributed by atoms with Gasteiger partial charge < -0.3 is 15.5 Å². The molecule has 0 bridgehead atoms. The molecule has 24 heavy (non-hydrogen) atoms. The van der Waals surface area contributed by atoms with Crippen LogP contribution in [0.25, 0.3) is 0 Å². The highest BCUT2D eigenvalue weighted by Gasteiger charge is 2.18. The summed E-state index contributed by atoms with van der Waals surface area (Å²) in [5.41, 5.74) is 9.20. The number of aromatic nitrogens is 2. The lowest BCUT2D eigenvalue weighted by Gasteiger charge is -2.36. The maximum absolute atomic E-state index is 13.0.